The van der Waals surface area contributed by atoms with Crippen molar-refractivity contribution in [2.75, 3.05) is 5.73 Å². The number of fused-ring (bicyclic) bond motifs is 1. The fourth-order valence-corrected chi connectivity index (χ4v) is 5.62. The molecule has 0 unspecified atom stereocenters. The van der Waals surface area contributed by atoms with Crippen LogP contribution in [0.15, 0.2) is 78.0 Å². The molecule has 1 aliphatic carbocycles. The summed E-state index contributed by atoms with van der Waals surface area (Å²) in [6, 6.07) is 16.5. The molecule has 5 aromatic rings. The second-order valence-corrected chi connectivity index (χ2v) is 10.1. The summed E-state index contributed by atoms with van der Waals surface area (Å²) in [5, 5.41) is 14.5. The van der Waals surface area contributed by atoms with E-state index in [0.29, 0.717) is 28.1 Å². The van der Waals surface area contributed by atoms with Gasteiger partial charge in [0.25, 0.3) is 11.5 Å². The van der Waals surface area contributed by atoms with Crippen LogP contribution in [0.1, 0.15) is 47.7 Å². The van der Waals surface area contributed by atoms with Crippen molar-refractivity contribution >= 4 is 17.2 Å². The van der Waals surface area contributed by atoms with Gasteiger partial charge in [0.05, 0.1) is 6.10 Å². The van der Waals surface area contributed by atoms with Gasteiger partial charge in [0.15, 0.2) is 5.82 Å². The Morgan fingerprint density at radius 1 is 0.950 bits per heavy atom. The van der Waals surface area contributed by atoms with Gasteiger partial charge in [0.2, 0.25) is 0 Å². The average molecular weight is 539 g/mol. The van der Waals surface area contributed by atoms with E-state index in [1.807, 2.05) is 28.8 Å². The third kappa shape index (κ3) is 4.42. The lowest BCUT2D eigenvalue weighted by molar-refractivity contribution is 0.0999. The number of anilines is 1. The van der Waals surface area contributed by atoms with E-state index in [2.05, 4.69) is 16.1 Å². The number of amides is 1. The van der Waals surface area contributed by atoms with Crippen LogP contribution in [0, 0.1) is 5.82 Å². The number of nitrogen functional groups attached to an aromatic ring is 1. The number of hydrogen-bond donors (Lipinski definition) is 3. The van der Waals surface area contributed by atoms with E-state index in [9.17, 15) is 19.1 Å². The Kier molecular flexibility index (Phi) is 6.39. The molecule has 0 bridgehead atoms. The summed E-state index contributed by atoms with van der Waals surface area (Å²) < 4.78 is 16.5. The van der Waals surface area contributed by atoms with Gasteiger partial charge in [0, 0.05) is 34.6 Å². The molecule has 2 aromatic carbocycles. The van der Waals surface area contributed by atoms with Crippen LogP contribution in [0.2, 0.25) is 0 Å². The zero-order valence-corrected chi connectivity index (χ0v) is 21.5. The number of pyridine rings is 1. The van der Waals surface area contributed by atoms with Crippen molar-refractivity contribution in [3.63, 3.8) is 0 Å². The van der Waals surface area contributed by atoms with Crippen molar-refractivity contribution in [1.82, 2.24) is 19.2 Å². The summed E-state index contributed by atoms with van der Waals surface area (Å²) in [5.41, 5.74) is 16.1. The predicted molar refractivity (Wildman–Crippen MR) is 150 cm³/mol. The maximum atomic E-state index is 13.4. The predicted octanol–water partition coefficient (Wildman–Crippen LogP) is 4.05. The van der Waals surface area contributed by atoms with Crippen molar-refractivity contribution < 1.29 is 14.3 Å². The molecule has 0 radical (unpaired) electrons. The summed E-state index contributed by atoms with van der Waals surface area (Å²) in [7, 11) is 0. The highest BCUT2D eigenvalue weighted by Crippen LogP contribution is 2.39. The van der Waals surface area contributed by atoms with Crippen molar-refractivity contribution in [2.45, 2.75) is 37.7 Å². The molecule has 1 saturated carbocycles. The first-order valence-corrected chi connectivity index (χ1v) is 13.0. The van der Waals surface area contributed by atoms with Crippen LogP contribution in [-0.4, -0.2) is 36.3 Å². The molecule has 1 amide bonds. The van der Waals surface area contributed by atoms with Crippen molar-refractivity contribution in [2.24, 2.45) is 5.73 Å². The molecule has 0 atom stereocenters. The topological polar surface area (TPSA) is 142 Å². The SMILES string of the molecule is NC(=O)c1c(-c2ccc(-c3cc([C@H]4CC[C@H](O)CC4)n4ncnc(N)c34)cc2)ccn(-c2ccc(F)cc2)c1=O. The van der Waals surface area contributed by atoms with E-state index >= 15 is 0 Å². The highest BCUT2D eigenvalue weighted by atomic mass is 19.1. The second kappa shape index (κ2) is 10.0. The van der Waals surface area contributed by atoms with E-state index < -0.39 is 17.3 Å². The molecule has 3 heterocycles. The molecule has 1 fully saturated rings. The lowest BCUT2D eigenvalue weighted by atomic mass is 9.85. The normalized spacial score (nSPS) is 17.2. The Labute approximate surface area is 228 Å². The third-order valence-corrected chi connectivity index (χ3v) is 7.68. The molecule has 0 spiro atoms. The quantitative estimate of drug-likeness (QED) is 0.308. The van der Waals surface area contributed by atoms with Gasteiger partial charge in [-0.05, 0) is 73.2 Å². The zero-order chi connectivity index (χ0) is 28.0. The van der Waals surface area contributed by atoms with Gasteiger partial charge in [-0.25, -0.2) is 13.9 Å². The number of carbonyl (C=O) groups excluding carboxylic acids is 1. The van der Waals surface area contributed by atoms with Crippen LogP contribution in [0.5, 0.6) is 0 Å². The molecule has 6 rings (SSSR count). The minimum atomic E-state index is -0.855. The number of carbonyl (C=O) groups is 1. The molecule has 3 aromatic heterocycles. The van der Waals surface area contributed by atoms with Crippen molar-refractivity contribution in [1.29, 1.82) is 0 Å². The molecule has 1 aliphatic rings. The van der Waals surface area contributed by atoms with E-state index in [4.69, 9.17) is 11.5 Å². The molecule has 0 saturated heterocycles. The molecule has 9 nitrogen and oxygen atoms in total. The van der Waals surface area contributed by atoms with Gasteiger partial charge in [0.1, 0.15) is 23.2 Å². The summed E-state index contributed by atoms with van der Waals surface area (Å²) in [6.45, 7) is 0. The Morgan fingerprint density at radius 2 is 1.60 bits per heavy atom. The van der Waals surface area contributed by atoms with Crippen LogP contribution in [0.25, 0.3) is 33.5 Å². The smallest absolute Gasteiger partial charge is 0.268 e. The van der Waals surface area contributed by atoms with E-state index in [-0.39, 0.29) is 17.6 Å². The average Bonchev–Trinajstić information content (AvgIpc) is 3.35. The Hall–Kier alpha value is -4.83. The van der Waals surface area contributed by atoms with Crippen LogP contribution in [0.4, 0.5) is 10.2 Å². The fourth-order valence-electron chi connectivity index (χ4n) is 5.62. The number of hydrogen-bond acceptors (Lipinski definition) is 6. The van der Waals surface area contributed by atoms with Gasteiger partial charge in [-0.3, -0.25) is 14.2 Å². The van der Waals surface area contributed by atoms with E-state index in [1.54, 1.807) is 6.07 Å². The van der Waals surface area contributed by atoms with Gasteiger partial charge in [-0.2, -0.15) is 5.10 Å². The number of primary amides is 1. The number of nitrogens with two attached hydrogens (primary N) is 2. The number of nitrogens with zero attached hydrogens (tertiary/aromatic N) is 4. The van der Waals surface area contributed by atoms with Crippen LogP contribution < -0.4 is 17.0 Å². The first-order valence-electron chi connectivity index (χ1n) is 13.0. The van der Waals surface area contributed by atoms with Crippen molar-refractivity contribution in [3.8, 4) is 27.9 Å². The standard InChI is InChI=1S/C30H27FN6O3/c31-20-7-9-21(10-8-20)36-14-13-23(26(29(33)39)30(36)40)17-1-3-18(4-2-17)24-15-25(19-5-11-22(38)12-6-19)37-27(24)28(32)34-16-35-37/h1-4,7-10,13-16,19,22,38H,5-6,11-12H2,(H2,33,39)(H2,32,34,35)/t19-,22-. The summed E-state index contributed by atoms with van der Waals surface area (Å²) in [6.07, 6.45) is 5.91. The molecular weight excluding hydrogens is 511 g/mol. The highest BCUT2D eigenvalue weighted by Gasteiger charge is 2.26. The largest absolute Gasteiger partial charge is 0.393 e. The number of aliphatic hydroxyl groups excluding tert-OH is 1. The Balaban J connectivity index is 1.41. The van der Waals surface area contributed by atoms with Gasteiger partial charge < -0.3 is 16.6 Å². The van der Waals surface area contributed by atoms with Crippen molar-refractivity contribution in [3.05, 3.63) is 101 Å². The number of aromatic nitrogens is 4. The van der Waals surface area contributed by atoms with Crippen LogP contribution in [0.3, 0.4) is 0 Å². The molecule has 0 aliphatic heterocycles. The number of halogens is 1. The van der Waals surface area contributed by atoms with Crippen LogP contribution >= 0.6 is 0 Å². The summed E-state index contributed by atoms with van der Waals surface area (Å²) in [5.74, 6) is -0.690. The van der Waals surface area contributed by atoms with Gasteiger partial charge in [-0.15, -0.1) is 0 Å². The van der Waals surface area contributed by atoms with Crippen LogP contribution in [-0.2, 0) is 0 Å². The van der Waals surface area contributed by atoms with Gasteiger partial charge in [-0.1, -0.05) is 24.3 Å². The molecule has 40 heavy (non-hydrogen) atoms. The first-order chi connectivity index (χ1) is 19.3. The fraction of sp³-hybridized carbons (Fsp3) is 0.200. The number of benzene rings is 2. The second-order valence-electron chi connectivity index (χ2n) is 10.1. The Morgan fingerprint density at radius 3 is 2.25 bits per heavy atom. The summed E-state index contributed by atoms with van der Waals surface area (Å²) in [4.78, 5) is 29.9. The molecule has 10 heteroatoms. The maximum absolute atomic E-state index is 13.4. The molecule has 5 N–H and O–H groups in total. The number of rotatable bonds is 5. The van der Waals surface area contributed by atoms with E-state index in [0.717, 1.165) is 42.5 Å². The van der Waals surface area contributed by atoms with Gasteiger partial charge >= 0.3 is 0 Å². The molecular formula is C30H27FN6O3. The highest BCUT2D eigenvalue weighted by molar-refractivity contribution is 5.99. The Bertz CT molecular complexity index is 1790. The third-order valence-electron chi connectivity index (χ3n) is 7.68. The first kappa shape index (κ1) is 25.4. The van der Waals surface area contributed by atoms with E-state index in [1.165, 1.54) is 41.4 Å². The lowest BCUT2D eigenvalue weighted by Gasteiger charge is -2.24. The minimum absolute atomic E-state index is 0.159. The molecule has 202 valence electrons. The summed E-state index contributed by atoms with van der Waals surface area (Å²) >= 11 is 0. The zero-order valence-electron chi connectivity index (χ0n) is 21.5. The lowest BCUT2D eigenvalue weighted by Crippen LogP contribution is -2.29. The number of aliphatic hydroxyl groups is 1. The monoisotopic (exact) mass is 538 g/mol. The maximum Gasteiger partial charge on any atom is 0.268 e. The minimum Gasteiger partial charge on any atom is -0.393 e.